The number of rotatable bonds is 5. The van der Waals surface area contributed by atoms with Gasteiger partial charge in [-0.05, 0) is 38.6 Å². The Morgan fingerprint density at radius 2 is 2.10 bits per heavy atom. The summed E-state index contributed by atoms with van der Waals surface area (Å²) in [4.78, 5) is 4.63. The molecule has 1 aliphatic heterocycles. The van der Waals surface area contributed by atoms with Crippen molar-refractivity contribution in [3.05, 3.63) is 11.7 Å². The van der Waals surface area contributed by atoms with Crippen LogP contribution in [0.3, 0.4) is 0 Å². The Kier molecular flexibility index (Phi) is 4.91. The molecule has 0 amide bonds. The molecular formula is C16H27N3O2. The molecule has 21 heavy (non-hydrogen) atoms. The summed E-state index contributed by atoms with van der Waals surface area (Å²) >= 11 is 0. The number of aryl methyl sites for hydroxylation is 1. The number of nitrogens with zero attached hydrogens (tertiary/aromatic N) is 2. The smallest absolute Gasteiger partial charge is 0.226 e. The third kappa shape index (κ3) is 3.46. The van der Waals surface area contributed by atoms with E-state index in [4.69, 9.17) is 9.26 Å². The quantitative estimate of drug-likeness (QED) is 0.904. The fourth-order valence-electron chi connectivity index (χ4n) is 3.65. The van der Waals surface area contributed by atoms with Crippen LogP contribution in [-0.4, -0.2) is 29.8 Å². The van der Waals surface area contributed by atoms with E-state index in [-0.39, 0.29) is 5.60 Å². The molecule has 1 saturated heterocycles. The van der Waals surface area contributed by atoms with Crippen LogP contribution in [-0.2, 0) is 16.8 Å². The van der Waals surface area contributed by atoms with E-state index in [1.165, 1.54) is 38.5 Å². The number of piperidine rings is 1. The molecule has 0 spiro atoms. The molecule has 0 radical (unpaired) electrons. The number of hydrogen-bond acceptors (Lipinski definition) is 5. The second-order valence-corrected chi connectivity index (χ2v) is 6.46. The van der Waals surface area contributed by atoms with E-state index in [9.17, 15) is 0 Å². The minimum absolute atomic E-state index is 0.302. The van der Waals surface area contributed by atoms with Crippen molar-refractivity contribution >= 4 is 0 Å². The summed E-state index contributed by atoms with van der Waals surface area (Å²) in [5.74, 6) is 1.52. The van der Waals surface area contributed by atoms with Crippen molar-refractivity contribution in [1.82, 2.24) is 15.5 Å². The second kappa shape index (κ2) is 6.88. The third-order valence-electron chi connectivity index (χ3n) is 5.05. The zero-order valence-electron chi connectivity index (χ0n) is 13.1. The molecule has 2 aliphatic rings. The molecule has 1 aliphatic carbocycles. The number of nitrogens with one attached hydrogen (secondary N) is 1. The van der Waals surface area contributed by atoms with Crippen LogP contribution in [0.25, 0.3) is 0 Å². The fourth-order valence-corrected chi connectivity index (χ4v) is 3.65. The minimum Gasteiger partial charge on any atom is -0.370 e. The van der Waals surface area contributed by atoms with Gasteiger partial charge in [0.1, 0.15) is 5.60 Å². The maximum Gasteiger partial charge on any atom is 0.226 e. The minimum atomic E-state index is -0.302. The van der Waals surface area contributed by atoms with E-state index in [0.717, 1.165) is 43.9 Å². The van der Waals surface area contributed by atoms with E-state index < -0.39 is 0 Å². The molecule has 118 valence electrons. The molecule has 0 aromatic carbocycles. The van der Waals surface area contributed by atoms with Crippen LogP contribution in [0.5, 0.6) is 0 Å². The monoisotopic (exact) mass is 293 g/mol. The van der Waals surface area contributed by atoms with Crippen molar-refractivity contribution in [1.29, 1.82) is 0 Å². The van der Waals surface area contributed by atoms with Crippen LogP contribution in [0.2, 0.25) is 0 Å². The number of aromatic nitrogens is 2. The van der Waals surface area contributed by atoms with Gasteiger partial charge >= 0.3 is 0 Å². The van der Waals surface area contributed by atoms with Gasteiger partial charge in [0.2, 0.25) is 11.7 Å². The van der Waals surface area contributed by atoms with Gasteiger partial charge in [-0.1, -0.05) is 30.8 Å². The van der Waals surface area contributed by atoms with E-state index in [1.807, 2.05) is 0 Å². The Hall–Kier alpha value is -0.940. The maximum absolute atomic E-state index is 5.78. The lowest BCUT2D eigenvalue weighted by atomic mass is 9.84. The molecule has 2 heterocycles. The molecule has 2 fully saturated rings. The average Bonchev–Trinajstić information content (AvgIpc) is 3.04. The highest BCUT2D eigenvalue weighted by Gasteiger charge is 2.38. The van der Waals surface area contributed by atoms with Crippen LogP contribution in [0, 0.1) is 0 Å². The van der Waals surface area contributed by atoms with Gasteiger partial charge in [0.05, 0.1) is 0 Å². The summed E-state index contributed by atoms with van der Waals surface area (Å²) in [6, 6.07) is 0.611. The van der Waals surface area contributed by atoms with Gasteiger partial charge in [-0.2, -0.15) is 4.98 Å². The molecule has 0 bridgehead atoms. The van der Waals surface area contributed by atoms with Crippen LogP contribution < -0.4 is 5.32 Å². The Bertz CT molecular complexity index is 434. The third-order valence-corrected chi connectivity index (χ3v) is 5.05. The van der Waals surface area contributed by atoms with Gasteiger partial charge in [-0.3, -0.25) is 0 Å². The van der Waals surface area contributed by atoms with Crippen LogP contribution in [0.4, 0.5) is 0 Å². The van der Waals surface area contributed by atoms with Gasteiger partial charge in [-0.15, -0.1) is 0 Å². The maximum atomic E-state index is 5.78. The molecular weight excluding hydrogens is 266 g/mol. The molecule has 5 heteroatoms. The van der Waals surface area contributed by atoms with Crippen molar-refractivity contribution in [3.8, 4) is 0 Å². The van der Waals surface area contributed by atoms with Crippen LogP contribution in [0.15, 0.2) is 4.52 Å². The van der Waals surface area contributed by atoms with Crippen LogP contribution >= 0.6 is 0 Å². The Labute approximate surface area is 126 Å². The average molecular weight is 293 g/mol. The highest BCUT2D eigenvalue weighted by atomic mass is 16.5. The van der Waals surface area contributed by atoms with E-state index in [0.29, 0.717) is 6.04 Å². The summed E-state index contributed by atoms with van der Waals surface area (Å²) in [6.45, 7) is 1.15. The zero-order chi connectivity index (χ0) is 14.5. The number of hydrogen-bond donors (Lipinski definition) is 1. The Balaban J connectivity index is 1.59. The van der Waals surface area contributed by atoms with Gasteiger partial charge in [0.15, 0.2) is 0 Å². The molecule has 1 unspecified atom stereocenters. The summed E-state index contributed by atoms with van der Waals surface area (Å²) in [5.41, 5.74) is -0.302. The van der Waals surface area contributed by atoms with Crippen molar-refractivity contribution in [3.63, 3.8) is 0 Å². The Morgan fingerprint density at radius 1 is 1.24 bits per heavy atom. The molecule has 1 aromatic heterocycles. The van der Waals surface area contributed by atoms with Crippen molar-refractivity contribution < 1.29 is 9.26 Å². The summed E-state index contributed by atoms with van der Waals surface area (Å²) in [5, 5.41) is 7.78. The largest absolute Gasteiger partial charge is 0.370 e. The zero-order valence-corrected chi connectivity index (χ0v) is 13.1. The normalized spacial score (nSPS) is 25.9. The molecule has 1 saturated carbocycles. The summed E-state index contributed by atoms with van der Waals surface area (Å²) in [7, 11) is 1.77. The lowest BCUT2D eigenvalue weighted by Gasteiger charge is -2.32. The number of methoxy groups -OCH3 is 1. The Morgan fingerprint density at radius 3 is 2.81 bits per heavy atom. The summed E-state index contributed by atoms with van der Waals surface area (Å²) < 4.78 is 11.2. The highest BCUT2D eigenvalue weighted by molar-refractivity contribution is 5.03. The molecule has 1 atom stereocenters. The first kappa shape index (κ1) is 15.0. The lowest BCUT2D eigenvalue weighted by Crippen LogP contribution is -2.34. The second-order valence-electron chi connectivity index (χ2n) is 6.46. The summed E-state index contributed by atoms with van der Waals surface area (Å²) in [6.07, 6.45) is 11.5. The molecule has 3 rings (SSSR count). The predicted octanol–water partition coefficient (Wildman–Crippen LogP) is 2.95. The molecule has 1 N–H and O–H groups in total. The van der Waals surface area contributed by atoms with Gasteiger partial charge in [0, 0.05) is 19.6 Å². The molecule has 5 nitrogen and oxygen atoms in total. The first-order valence-corrected chi connectivity index (χ1v) is 8.44. The fraction of sp³-hybridized carbons (Fsp3) is 0.875. The van der Waals surface area contributed by atoms with Gasteiger partial charge < -0.3 is 14.6 Å². The lowest BCUT2D eigenvalue weighted by molar-refractivity contribution is -0.0527. The molecule has 1 aromatic rings. The first-order valence-electron chi connectivity index (χ1n) is 8.44. The van der Waals surface area contributed by atoms with E-state index >= 15 is 0 Å². The SMILES string of the molecule is COC1(c2noc(CCC3CCCCN3)n2)CCCCC1. The topological polar surface area (TPSA) is 60.2 Å². The van der Waals surface area contributed by atoms with Crippen molar-refractivity contribution in [2.75, 3.05) is 13.7 Å². The van der Waals surface area contributed by atoms with Gasteiger partial charge in [0.25, 0.3) is 0 Å². The van der Waals surface area contributed by atoms with Crippen molar-refractivity contribution in [2.24, 2.45) is 0 Å². The van der Waals surface area contributed by atoms with E-state index in [2.05, 4.69) is 15.5 Å². The van der Waals surface area contributed by atoms with Crippen molar-refractivity contribution in [2.45, 2.75) is 75.9 Å². The first-order chi connectivity index (χ1) is 10.3. The number of ether oxygens (including phenoxy) is 1. The van der Waals surface area contributed by atoms with Crippen LogP contribution in [0.1, 0.15) is 69.5 Å². The van der Waals surface area contributed by atoms with Gasteiger partial charge in [-0.25, -0.2) is 0 Å². The standard InChI is InChI=1S/C16H27N3O2/c1-20-16(10-4-2-5-11-16)15-18-14(21-19-15)9-8-13-7-3-6-12-17-13/h13,17H,2-12H2,1H3. The van der Waals surface area contributed by atoms with E-state index in [1.54, 1.807) is 7.11 Å². The predicted molar refractivity (Wildman–Crippen MR) is 80.0 cm³/mol. The highest BCUT2D eigenvalue weighted by Crippen LogP contribution is 2.38.